The lowest BCUT2D eigenvalue weighted by Crippen LogP contribution is -2.44. The Morgan fingerprint density at radius 2 is 2.08 bits per heavy atom. The zero-order valence-electron chi connectivity index (χ0n) is 14.6. The number of hydrogen-bond donors (Lipinski definition) is 0. The first-order valence-corrected chi connectivity index (χ1v) is 10.1. The maximum Gasteiger partial charge on any atom is 0.320 e. The van der Waals surface area contributed by atoms with Gasteiger partial charge in [0.15, 0.2) is 0 Å². The molecule has 26 heavy (non-hydrogen) atoms. The number of amides is 1. The summed E-state index contributed by atoms with van der Waals surface area (Å²) in [5.74, 6) is 1.04. The Kier molecular flexibility index (Phi) is 6.16. The third-order valence-corrected chi connectivity index (χ3v) is 5.96. The minimum atomic E-state index is -0.318. The SMILES string of the molecule is COC(=O)[C@@H]1CN(C(=O)c2ccc(OCc3csc(C)n3)cc2)CCS1. The molecule has 8 heteroatoms. The van der Waals surface area contributed by atoms with Gasteiger partial charge in [-0.1, -0.05) is 0 Å². The molecular weight excluding hydrogens is 372 g/mol. The summed E-state index contributed by atoms with van der Waals surface area (Å²) < 4.78 is 10.5. The van der Waals surface area contributed by atoms with E-state index in [1.54, 1.807) is 40.5 Å². The fourth-order valence-electron chi connectivity index (χ4n) is 2.62. The third-order valence-electron chi connectivity index (χ3n) is 3.97. The van der Waals surface area contributed by atoms with Crippen molar-refractivity contribution in [1.29, 1.82) is 0 Å². The molecule has 0 unspecified atom stereocenters. The Hall–Kier alpha value is -2.06. The van der Waals surface area contributed by atoms with E-state index in [4.69, 9.17) is 9.47 Å². The van der Waals surface area contributed by atoms with Crippen molar-refractivity contribution in [2.45, 2.75) is 18.8 Å². The number of esters is 1. The average molecular weight is 393 g/mol. The molecule has 1 amide bonds. The standard InChI is InChI=1S/C18H20N2O4S2/c1-12-19-14(11-26-12)10-24-15-5-3-13(4-6-15)17(21)20-7-8-25-16(9-20)18(22)23-2/h3-6,11,16H,7-10H2,1-2H3/t16-/m0/s1. The van der Waals surface area contributed by atoms with Gasteiger partial charge >= 0.3 is 5.97 Å². The molecule has 0 aliphatic carbocycles. The first-order chi connectivity index (χ1) is 12.6. The average Bonchev–Trinajstić information content (AvgIpc) is 3.11. The van der Waals surface area contributed by atoms with Crippen LogP contribution < -0.4 is 4.74 Å². The van der Waals surface area contributed by atoms with E-state index in [1.807, 2.05) is 12.3 Å². The van der Waals surface area contributed by atoms with Crippen molar-refractivity contribution >= 4 is 35.0 Å². The predicted octanol–water partition coefficient (Wildman–Crippen LogP) is 2.76. The van der Waals surface area contributed by atoms with Gasteiger partial charge in [0.25, 0.3) is 5.91 Å². The number of rotatable bonds is 5. The van der Waals surface area contributed by atoms with Crippen LogP contribution in [0.5, 0.6) is 5.75 Å². The molecule has 0 N–H and O–H groups in total. The van der Waals surface area contributed by atoms with Gasteiger partial charge in [-0.2, -0.15) is 0 Å². The van der Waals surface area contributed by atoms with Crippen molar-refractivity contribution in [3.8, 4) is 5.75 Å². The molecule has 1 atom stereocenters. The third kappa shape index (κ3) is 4.56. The van der Waals surface area contributed by atoms with Crippen molar-refractivity contribution in [1.82, 2.24) is 9.88 Å². The van der Waals surface area contributed by atoms with Crippen LogP contribution in [0.1, 0.15) is 21.1 Å². The van der Waals surface area contributed by atoms with Gasteiger partial charge in [-0.05, 0) is 31.2 Å². The highest BCUT2D eigenvalue weighted by Crippen LogP contribution is 2.22. The van der Waals surface area contributed by atoms with Gasteiger partial charge in [-0.15, -0.1) is 23.1 Å². The summed E-state index contributed by atoms with van der Waals surface area (Å²) in [4.78, 5) is 30.4. The lowest BCUT2D eigenvalue weighted by molar-refractivity contribution is -0.140. The number of benzene rings is 1. The summed E-state index contributed by atoms with van der Waals surface area (Å²) in [6.07, 6.45) is 0. The van der Waals surface area contributed by atoms with Crippen LogP contribution >= 0.6 is 23.1 Å². The molecule has 0 spiro atoms. The Bertz CT molecular complexity index is 776. The van der Waals surface area contributed by atoms with E-state index in [-0.39, 0.29) is 17.1 Å². The van der Waals surface area contributed by atoms with Crippen molar-refractivity contribution in [2.24, 2.45) is 0 Å². The lowest BCUT2D eigenvalue weighted by atomic mass is 10.2. The molecule has 0 radical (unpaired) electrons. The van der Waals surface area contributed by atoms with Gasteiger partial charge in [0.2, 0.25) is 0 Å². The second kappa shape index (κ2) is 8.55. The van der Waals surface area contributed by atoms with Crippen molar-refractivity contribution < 1.29 is 19.1 Å². The molecule has 6 nitrogen and oxygen atoms in total. The molecule has 1 aliphatic rings. The van der Waals surface area contributed by atoms with Crippen LogP contribution in [-0.4, -0.2) is 53.0 Å². The van der Waals surface area contributed by atoms with E-state index < -0.39 is 0 Å². The summed E-state index contributed by atoms with van der Waals surface area (Å²) in [7, 11) is 1.37. The van der Waals surface area contributed by atoms with Crippen LogP contribution in [0, 0.1) is 6.92 Å². The number of carbonyl (C=O) groups excluding carboxylic acids is 2. The second-order valence-corrected chi connectivity index (χ2v) is 8.18. The molecule has 138 valence electrons. The molecule has 2 heterocycles. The van der Waals surface area contributed by atoms with Crippen LogP contribution in [0.2, 0.25) is 0 Å². The molecule has 3 rings (SSSR count). The summed E-state index contributed by atoms with van der Waals surface area (Å²) >= 11 is 3.12. The first-order valence-electron chi connectivity index (χ1n) is 8.19. The summed E-state index contributed by atoms with van der Waals surface area (Å²) in [5.41, 5.74) is 1.48. The van der Waals surface area contributed by atoms with Crippen LogP contribution in [0.3, 0.4) is 0 Å². The van der Waals surface area contributed by atoms with Crippen molar-refractivity contribution in [2.75, 3.05) is 26.0 Å². The largest absolute Gasteiger partial charge is 0.487 e. The summed E-state index contributed by atoms with van der Waals surface area (Å²) in [6, 6.07) is 7.06. The smallest absolute Gasteiger partial charge is 0.320 e. The molecule has 1 aromatic heterocycles. The first kappa shape index (κ1) is 18.7. The number of aromatic nitrogens is 1. The fraction of sp³-hybridized carbons (Fsp3) is 0.389. The molecule has 1 fully saturated rings. The van der Waals surface area contributed by atoms with Crippen LogP contribution in [0.15, 0.2) is 29.6 Å². The highest BCUT2D eigenvalue weighted by Gasteiger charge is 2.30. The van der Waals surface area contributed by atoms with Crippen LogP contribution in [0.25, 0.3) is 0 Å². The number of carbonyl (C=O) groups is 2. The number of aryl methyl sites for hydroxylation is 1. The zero-order valence-corrected chi connectivity index (χ0v) is 16.3. The number of ether oxygens (including phenoxy) is 2. The summed E-state index contributed by atoms with van der Waals surface area (Å²) in [6.45, 7) is 3.36. The van der Waals surface area contributed by atoms with Crippen LogP contribution in [-0.2, 0) is 16.1 Å². The molecule has 1 saturated heterocycles. The molecule has 0 bridgehead atoms. The number of hydrogen-bond acceptors (Lipinski definition) is 7. The zero-order chi connectivity index (χ0) is 18.5. The van der Waals surface area contributed by atoms with E-state index in [0.29, 0.717) is 31.0 Å². The van der Waals surface area contributed by atoms with E-state index in [9.17, 15) is 9.59 Å². The Morgan fingerprint density at radius 1 is 1.31 bits per heavy atom. The topological polar surface area (TPSA) is 68.7 Å². The minimum absolute atomic E-state index is 0.0825. The van der Waals surface area contributed by atoms with Crippen molar-refractivity contribution in [3.63, 3.8) is 0 Å². The quantitative estimate of drug-likeness (QED) is 0.729. The highest BCUT2D eigenvalue weighted by molar-refractivity contribution is 8.00. The van der Waals surface area contributed by atoms with Gasteiger partial charge in [0.1, 0.15) is 17.6 Å². The molecule has 1 aliphatic heterocycles. The molecule has 1 aromatic carbocycles. The van der Waals surface area contributed by atoms with Crippen LogP contribution in [0.4, 0.5) is 0 Å². The predicted molar refractivity (Wildman–Crippen MR) is 102 cm³/mol. The van der Waals surface area contributed by atoms with Gasteiger partial charge in [-0.25, -0.2) is 4.98 Å². The second-order valence-electron chi connectivity index (χ2n) is 5.80. The number of methoxy groups -OCH3 is 1. The fourth-order valence-corrected chi connectivity index (χ4v) is 4.34. The van der Waals surface area contributed by atoms with Crippen molar-refractivity contribution in [3.05, 3.63) is 45.9 Å². The lowest BCUT2D eigenvalue weighted by Gasteiger charge is -2.31. The Balaban J connectivity index is 1.58. The Morgan fingerprint density at radius 3 is 2.73 bits per heavy atom. The summed E-state index contributed by atoms with van der Waals surface area (Å²) in [5, 5.41) is 2.66. The van der Waals surface area contributed by atoms with Gasteiger partial charge in [-0.3, -0.25) is 9.59 Å². The van der Waals surface area contributed by atoms with Gasteiger partial charge < -0.3 is 14.4 Å². The van der Waals surface area contributed by atoms with E-state index in [1.165, 1.54) is 18.9 Å². The minimum Gasteiger partial charge on any atom is -0.487 e. The molecule has 0 saturated carbocycles. The normalized spacial score (nSPS) is 17.0. The highest BCUT2D eigenvalue weighted by atomic mass is 32.2. The van der Waals surface area contributed by atoms with Gasteiger partial charge in [0, 0.05) is 29.8 Å². The Labute approximate surface area is 160 Å². The van der Waals surface area contributed by atoms with E-state index in [0.717, 1.165) is 16.5 Å². The van der Waals surface area contributed by atoms with Gasteiger partial charge in [0.05, 0.1) is 17.8 Å². The van der Waals surface area contributed by atoms with E-state index >= 15 is 0 Å². The number of thioether (sulfide) groups is 1. The molecular formula is C18H20N2O4S2. The maximum atomic E-state index is 12.7. The maximum absolute atomic E-state index is 12.7. The number of thiazole rings is 1. The monoisotopic (exact) mass is 392 g/mol. The molecule has 2 aromatic rings. The van der Waals surface area contributed by atoms with E-state index in [2.05, 4.69) is 4.98 Å². The number of nitrogens with zero attached hydrogens (tertiary/aromatic N) is 2.